The van der Waals surface area contributed by atoms with E-state index in [1.807, 2.05) is 39.8 Å². The number of aromatic nitrogens is 3. The number of fused-ring (bicyclic) bond motifs is 1. The Balaban J connectivity index is 1.53. The molecule has 1 N–H and O–H groups in total. The van der Waals surface area contributed by atoms with Crippen LogP contribution in [0.1, 0.15) is 34.1 Å². The molecule has 0 radical (unpaired) electrons. The molecule has 0 saturated carbocycles. The Morgan fingerprint density at radius 3 is 2.59 bits per heavy atom. The van der Waals surface area contributed by atoms with Crippen LogP contribution in [-0.2, 0) is 9.53 Å². The average Bonchev–Trinajstić information content (AvgIpc) is 3.15. The summed E-state index contributed by atoms with van der Waals surface area (Å²) in [5, 5.41) is 13.5. The van der Waals surface area contributed by atoms with Crippen molar-refractivity contribution >= 4 is 33.1 Å². The van der Waals surface area contributed by atoms with E-state index in [2.05, 4.69) is 26.6 Å². The maximum Gasteiger partial charge on any atom is 0.232 e. The smallest absolute Gasteiger partial charge is 0.232 e. The molecule has 1 aliphatic heterocycles. The van der Waals surface area contributed by atoms with E-state index >= 15 is 0 Å². The molecule has 27 heavy (non-hydrogen) atoms. The number of nitrogens with one attached hydrogen (secondary N) is 1. The molecule has 0 spiro atoms. The van der Waals surface area contributed by atoms with Crippen LogP contribution in [0.2, 0.25) is 0 Å². The molecule has 1 saturated heterocycles. The Labute approximate surface area is 162 Å². The normalized spacial score (nSPS) is 20.7. The largest absolute Gasteiger partial charge is 0.369 e. The minimum Gasteiger partial charge on any atom is -0.369 e. The number of anilines is 1. The van der Waals surface area contributed by atoms with Crippen LogP contribution in [0.3, 0.4) is 0 Å². The number of rotatable bonds is 3. The van der Waals surface area contributed by atoms with Gasteiger partial charge in [-0.3, -0.25) is 4.79 Å². The fourth-order valence-corrected chi connectivity index (χ4v) is 4.59. The van der Waals surface area contributed by atoms with E-state index in [1.54, 1.807) is 18.6 Å². The molecule has 2 aromatic heterocycles. The first-order chi connectivity index (χ1) is 12.7. The molecule has 6 nitrogen and oxygen atoms in total. The van der Waals surface area contributed by atoms with Gasteiger partial charge < -0.3 is 10.1 Å². The molecule has 0 bridgehead atoms. The van der Waals surface area contributed by atoms with Gasteiger partial charge in [-0.25, -0.2) is 4.98 Å². The summed E-state index contributed by atoms with van der Waals surface area (Å²) in [7, 11) is 0. The molecule has 1 aliphatic rings. The summed E-state index contributed by atoms with van der Waals surface area (Å²) >= 11 is 1.46. The van der Waals surface area contributed by atoms with Crippen LogP contribution in [0.5, 0.6) is 0 Å². The molecule has 0 aliphatic carbocycles. The first-order valence-corrected chi connectivity index (χ1v) is 9.73. The van der Waals surface area contributed by atoms with Gasteiger partial charge in [-0.05, 0) is 45.7 Å². The Morgan fingerprint density at radius 1 is 1.15 bits per heavy atom. The lowest BCUT2D eigenvalue weighted by Crippen LogP contribution is -2.36. The summed E-state index contributed by atoms with van der Waals surface area (Å²) in [6.07, 6.45) is 5.96. The highest BCUT2D eigenvalue weighted by atomic mass is 32.1. The van der Waals surface area contributed by atoms with Crippen molar-refractivity contribution in [3.63, 3.8) is 0 Å². The summed E-state index contributed by atoms with van der Waals surface area (Å²) in [6.45, 7) is 7.98. The Hall–Kier alpha value is -2.38. The van der Waals surface area contributed by atoms with Gasteiger partial charge in [-0.1, -0.05) is 23.5 Å². The summed E-state index contributed by atoms with van der Waals surface area (Å²) in [5.41, 5.74) is 0.250. The zero-order valence-electron chi connectivity index (χ0n) is 15.8. The van der Waals surface area contributed by atoms with Gasteiger partial charge in [-0.15, -0.1) is 0 Å². The molecule has 140 valence electrons. The maximum absolute atomic E-state index is 12.8. The maximum atomic E-state index is 12.8. The molecule has 1 atom stereocenters. The standard InChI is InChI=1S/C20H22N4O2S/c1-19(2)8-15(20(3,4)26-19)17(25)24-18-21-11-16(27-18)12-5-6-13-9-22-23-10-14(13)7-12/h5-7,9-11,15H,8H2,1-4H3,(H,21,24,25). The SMILES string of the molecule is CC1(C)CC(C(=O)Nc2ncc(-c3ccc4cnncc4c3)s2)C(C)(C)O1. The zero-order chi connectivity index (χ0) is 19.2. The second kappa shape index (κ2) is 6.35. The van der Waals surface area contributed by atoms with Crippen LogP contribution in [0, 0.1) is 5.92 Å². The molecule has 4 rings (SSSR count). The number of amides is 1. The summed E-state index contributed by atoms with van der Waals surface area (Å²) in [4.78, 5) is 18.2. The second-order valence-electron chi connectivity index (χ2n) is 8.07. The van der Waals surface area contributed by atoms with Crippen molar-refractivity contribution in [1.29, 1.82) is 0 Å². The van der Waals surface area contributed by atoms with E-state index in [0.717, 1.165) is 21.2 Å². The molecular formula is C20H22N4O2S. The van der Waals surface area contributed by atoms with Gasteiger partial charge in [0.05, 0.1) is 34.4 Å². The summed E-state index contributed by atoms with van der Waals surface area (Å²) in [5.74, 6) is -0.251. The Morgan fingerprint density at radius 2 is 1.89 bits per heavy atom. The molecule has 1 fully saturated rings. The predicted molar refractivity (Wildman–Crippen MR) is 107 cm³/mol. The van der Waals surface area contributed by atoms with E-state index in [-0.39, 0.29) is 17.4 Å². The number of thiazole rings is 1. The number of carbonyl (C=O) groups is 1. The minimum absolute atomic E-state index is 0.0414. The van der Waals surface area contributed by atoms with Gasteiger partial charge in [0.25, 0.3) is 0 Å². The predicted octanol–water partition coefficient (Wildman–Crippen LogP) is 4.29. The van der Waals surface area contributed by atoms with E-state index in [9.17, 15) is 4.79 Å². The van der Waals surface area contributed by atoms with E-state index in [4.69, 9.17) is 4.74 Å². The van der Waals surface area contributed by atoms with Gasteiger partial charge in [0.1, 0.15) is 0 Å². The van der Waals surface area contributed by atoms with Crippen LogP contribution < -0.4 is 5.32 Å². The highest BCUT2D eigenvalue weighted by Crippen LogP contribution is 2.42. The molecule has 3 heterocycles. The number of hydrogen-bond acceptors (Lipinski definition) is 6. The van der Waals surface area contributed by atoms with Crippen LogP contribution in [0.4, 0.5) is 5.13 Å². The van der Waals surface area contributed by atoms with E-state index < -0.39 is 5.60 Å². The van der Waals surface area contributed by atoms with Crippen molar-refractivity contribution in [2.45, 2.75) is 45.3 Å². The molecule has 1 aromatic carbocycles. The average molecular weight is 382 g/mol. The third-order valence-corrected chi connectivity index (χ3v) is 5.92. The highest BCUT2D eigenvalue weighted by Gasteiger charge is 2.49. The molecule has 1 unspecified atom stereocenters. The lowest BCUT2D eigenvalue weighted by Gasteiger charge is -2.26. The van der Waals surface area contributed by atoms with Crippen LogP contribution in [0.15, 0.2) is 36.8 Å². The number of carbonyl (C=O) groups excluding carboxylic acids is 1. The van der Waals surface area contributed by atoms with Crippen molar-refractivity contribution in [3.8, 4) is 10.4 Å². The van der Waals surface area contributed by atoms with Gasteiger partial charge in [0, 0.05) is 17.0 Å². The topological polar surface area (TPSA) is 77.0 Å². The number of hydrogen-bond donors (Lipinski definition) is 1. The molecule has 3 aromatic rings. The monoisotopic (exact) mass is 382 g/mol. The first-order valence-electron chi connectivity index (χ1n) is 8.91. The Bertz CT molecular complexity index is 1010. The number of ether oxygens (including phenoxy) is 1. The van der Waals surface area contributed by atoms with E-state index in [1.165, 1.54) is 11.3 Å². The Kier molecular flexibility index (Phi) is 4.24. The lowest BCUT2D eigenvalue weighted by atomic mass is 9.87. The third-order valence-electron chi connectivity index (χ3n) is 4.96. The van der Waals surface area contributed by atoms with Crippen LogP contribution in [0.25, 0.3) is 21.2 Å². The fourth-order valence-electron chi connectivity index (χ4n) is 3.78. The van der Waals surface area contributed by atoms with Crippen molar-refractivity contribution in [2.24, 2.45) is 5.92 Å². The van der Waals surface area contributed by atoms with Crippen LogP contribution in [-0.4, -0.2) is 32.3 Å². The quantitative estimate of drug-likeness (QED) is 0.731. The van der Waals surface area contributed by atoms with Crippen molar-refractivity contribution in [2.75, 3.05) is 5.32 Å². The van der Waals surface area contributed by atoms with Crippen molar-refractivity contribution in [3.05, 3.63) is 36.8 Å². The van der Waals surface area contributed by atoms with Crippen LogP contribution >= 0.6 is 11.3 Å². The summed E-state index contributed by atoms with van der Waals surface area (Å²) in [6, 6.07) is 6.09. The highest BCUT2D eigenvalue weighted by molar-refractivity contribution is 7.19. The van der Waals surface area contributed by atoms with E-state index in [0.29, 0.717) is 11.6 Å². The minimum atomic E-state index is -0.493. The fraction of sp³-hybridized carbons (Fsp3) is 0.400. The molecule has 1 amide bonds. The second-order valence-corrected chi connectivity index (χ2v) is 9.10. The van der Waals surface area contributed by atoms with Crippen molar-refractivity contribution < 1.29 is 9.53 Å². The van der Waals surface area contributed by atoms with Gasteiger partial charge in [0.2, 0.25) is 5.91 Å². The number of benzene rings is 1. The third kappa shape index (κ3) is 3.57. The van der Waals surface area contributed by atoms with Gasteiger partial charge >= 0.3 is 0 Å². The van der Waals surface area contributed by atoms with Gasteiger partial charge in [0.15, 0.2) is 5.13 Å². The van der Waals surface area contributed by atoms with Crippen molar-refractivity contribution in [1.82, 2.24) is 15.2 Å². The lowest BCUT2D eigenvalue weighted by molar-refractivity contribution is -0.126. The summed E-state index contributed by atoms with van der Waals surface area (Å²) < 4.78 is 6.03. The first kappa shape index (κ1) is 18.0. The molecular weight excluding hydrogens is 360 g/mol. The zero-order valence-corrected chi connectivity index (χ0v) is 16.6. The number of nitrogens with zero attached hydrogens (tertiary/aromatic N) is 3. The molecule has 7 heteroatoms. The van der Waals surface area contributed by atoms with Gasteiger partial charge in [-0.2, -0.15) is 10.2 Å².